The maximum Gasteiger partial charge on any atom is 0.412 e. The Morgan fingerprint density at radius 1 is 1.23 bits per heavy atom. The highest BCUT2D eigenvalue weighted by molar-refractivity contribution is 5.89. The van der Waals surface area contributed by atoms with Crippen LogP contribution in [0, 0.1) is 0 Å². The van der Waals surface area contributed by atoms with Crippen LogP contribution < -0.4 is 10.6 Å². The van der Waals surface area contributed by atoms with E-state index in [1.54, 1.807) is 5.32 Å². The summed E-state index contributed by atoms with van der Waals surface area (Å²) in [4.78, 5) is 20.7. The van der Waals surface area contributed by atoms with Crippen LogP contribution in [0.15, 0.2) is 0 Å². The fraction of sp³-hybridized carbons (Fsp3) is 0.750. The molecular formula is C8H16N2O3. The second kappa shape index (κ2) is 7.39. The molecule has 0 aliphatic heterocycles. The summed E-state index contributed by atoms with van der Waals surface area (Å²) >= 11 is 0. The van der Waals surface area contributed by atoms with Gasteiger partial charge in [0.05, 0.1) is 0 Å². The summed E-state index contributed by atoms with van der Waals surface area (Å²) in [5, 5.41) is 12.3. The highest BCUT2D eigenvalue weighted by Crippen LogP contribution is 1.96. The van der Waals surface area contributed by atoms with Crippen LogP contribution >= 0.6 is 0 Å². The lowest BCUT2D eigenvalue weighted by atomic mass is 10.2. The van der Waals surface area contributed by atoms with E-state index < -0.39 is 12.1 Å². The smallest absolute Gasteiger partial charge is 0.412 e. The fourth-order valence-corrected chi connectivity index (χ4v) is 0.895. The molecule has 0 aromatic heterocycles. The molecule has 0 unspecified atom stereocenters. The van der Waals surface area contributed by atoms with E-state index in [0.29, 0.717) is 6.54 Å². The Morgan fingerprint density at radius 3 is 2.46 bits per heavy atom. The van der Waals surface area contributed by atoms with Gasteiger partial charge in [-0.3, -0.25) is 0 Å². The van der Waals surface area contributed by atoms with Crippen LogP contribution in [-0.4, -0.2) is 23.8 Å². The van der Waals surface area contributed by atoms with Gasteiger partial charge in [-0.25, -0.2) is 14.9 Å². The van der Waals surface area contributed by atoms with Crippen LogP contribution in [0.5, 0.6) is 0 Å². The monoisotopic (exact) mass is 188 g/mol. The van der Waals surface area contributed by atoms with E-state index in [-0.39, 0.29) is 0 Å². The van der Waals surface area contributed by atoms with E-state index in [2.05, 4.69) is 12.2 Å². The van der Waals surface area contributed by atoms with Gasteiger partial charge in [0, 0.05) is 6.54 Å². The first-order chi connectivity index (χ1) is 6.16. The van der Waals surface area contributed by atoms with E-state index in [1.165, 1.54) is 0 Å². The molecule has 0 bridgehead atoms. The lowest BCUT2D eigenvalue weighted by Crippen LogP contribution is -2.38. The summed E-state index contributed by atoms with van der Waals surface area (Å²) in [5.41, 5.74) is 0. The maximum atomic E-state index is 10.7. The Morgan fingerprint density at radius 2 is 1.92 bits per heavy atom. The van der Waals surface area contributed by atoms with Crippen molar-refractivity contribution in [2.75, 3.05) is 6.54 Å². The number of hydrogen-bond donors (Lipinski definition) is 3. The molecule has 0 aromatic carbocycles. The highest BCUT2D eigenvalue weighted by atomic mass is 16.4. The molecule has 5 nitrogen and oxygen atoms in total. The van der Waals surface area contributed by atoms with Gasteiger partial charge in [0.25, 0.3) is 0 Å². The third kappa shape index (κ3) is 8.65. The van der Waals surface area contributed by atoms with Crippen molar-refractivity contribution < 1.29 is 14.7 Å². The first-order valence-corrected chi connectivity index (χ1v) is 4.44. The third-order valence-electron chi connectivity index (χ3n) is 1.54. The molecule has 0 rings (SSSR count). The predicted octanol–water partition coefficient (Wildman–Crippen LogP) is 1.54. The van der Waals surface area contributed by atoms with Crippen molar-refractivity contribution in [2.24, 2.45) is 0 Å². The van der Waals surface area contributed by atoms with Crippen molar-refractivity contribution in [1.82, 2.24) is 10.6 Å². The number of urea groups is 1. The Kier molecular flexibility index (Phi) is 6.68. The van der Waals surface area contributed by atoms with Crippen molar-refractivity contribution in [2.45, 2.75) is 32.6 Å². The number of nitrogens with one attached hydrogen (secondary N) is 2. The molecule has 0 aliphatic rings. The number of amides is 3. The number of carbonyl (C=O) groups is 2. The van der Waals surface area contributed by atoms with Gasteiger partial charge in [-0.2, -0.15) is 0 Å². The zero-order valence-electron chi connectivity index (χ0n) is 7.80. The maximum absolute atomic E-state index is 10.7. The Hall–Kier alpha value is -1.26. The first-order valence-electron chi connectivity index (χ1n) is 4.44. The number of carbonyl (C=O) groups excluding carboxylic acids is 1. The molecule has 0 heterocycles. The number of carboxylic acid groups (broad SMARTS) is 1. The summed E-state index contributed by atoms with van der Waals surface area (Å²) < 4.78 is 0. The molecule has 5 heteroatoms. The highest BCUT2D eigenvalue weighted by Gasteiger charge is 2.02. The zero-order chi connectivity index (χ0) is 10.1. The molecule has 3 N–H and O–H groups in total. The minimum atomic E-state index is -1.33. The van der Waals surface area contributed by atoms with Gasteiger partial charge in [0.15, 0.2) is 0 Å². The molecule has 0 saturated heterocycles. The molecule has 0 spiro atoms. The summed E-state index contributed by atoms with van der Waals surface area (Å²) in [7, 11) is 0. The van der Waals surface area contributed by atoms with Gasteiger partial charge in [-0.05, 0) is 6.42 Å². The molecule has 0 aliphatic carbocycles. The van der Waals surface area contributed by atoms with Crippen molar-refractivity contribution in [1.29, 1.82) is 0 Å². The third-order valence-corrected chi connectivity index (χ3v) is 1.54. The van der Waals surface area contributed by atoms with Gasteiger partial charge in [0.2, 0.25) is 0 Å². The molecule has 0 aromatic rings. The quantitative estimate of drug-likeness (QED) is 0.572. The Labute approximate surface area is 77.5 Å². The van der Waals surface area contributed by atoms with Crippen LogP contribution in [0.2, 0.25) is 0 Å². The average molecular weight is 188 g/mol. The average Bonchev–Trinajstić information content (AvgIpc) is 2.02. The Bertz CT molecular complexity index is 171. The van der Waals surface area contributed by atoms with Gasteiger partial charge in [0.1, 0.15) is 0 Å². The van der Waals surface area contributed by atoms with Crippen molar-refractivity contribution in [3.8, 4) is 0 Å². The number of unbranched alkanes of at least 4 members (excludes halogenated alkanes) is 3. The minimum absolute atomic E-state index is 0.527. The van der Waals surface area contributed by atoms with Crippen molar-refractivity contribution in [3.63, 3.8) is 0 Å². The lowest BCUT2D eigenvalue weighted by molar-refractivity contribution is 0.192. The SMILES string of the molecule is CCCCCCNC(=O)NC(=O)O. The van der Waals surface area contributed by atoms with Gasteiger partial charge >= 0.3 is 12.1 Å². The van der Waals surface area contributed by atoms with Gasteiger partial charge in [-0.15, -0.1) is 0 Å². The summed E-state index contributed by atoms with van der Waals surface area (Å²) in [5.74, 6) is 0. The minimum Gasteiger partial charge on any atom is -0.465 e. The molecule has 76 valence electrons. The molecular weight excluding hydrogens is 172 g/mol. The number of imide groups is 1. The number of rotatable bonds is 5. The van der Waals surface area contributed by atoms with Crippen LogP contribution in [0.1, 0.15) is 32.6 Å². The van der Waals surface area contributed by atoms with E-state index in [1.807, 2.05) is 0 Å². The number of hydrogen-bond acceptors (Lipinski definition) is 2. The van der Waals surface area contributed by atoms with E-state index in [9.17, 15) is 9.59 Å². The topological polar surface area (TPSA) is 78.4 Å². The van der Waals surface area contributed by atoms with Crippen molar-refractivity contribution in [3.05, 3.63) is 0 Å². The summed E-state index contributed by atoms with van der Waals surface area (Å²) in [6.45, 7) is 2.63. The first kappa shape index (κ1) is 11.7. The molecule has 0 saturated carbocycles. The summed E-state index contributed by atoms with van der Waals surface area (Å²) in [6.07, 6.45) is 2.90. The molecule has 0 atom stereocenters. The van der Waals surface area contributed by atoms with Crippen molar-refractivity contribution >= 4 is 12.1 Å². The van der Waals surface area contributed by atoms with Crippen LogP contribution in [0.25, 0.3) is 0 Å². The lowest BCUT2D eigenvalue weighted by Gasteiger charge is -2.03. The zero-order valence-corrected chi connectivity index (χ0v) is 7.80. The molecule has 13 heavy (non-hydrogen) atoms. The van der Waals surface area contributed by atoms with Gasteiger partial charge in [-0.1, -0.05) is 26.2 Å². The molecule has 0 radical (unpaired) electrons. The summed E-state index contributed by atoms with van der Waals surface area (Å²) in [6, 6.07) is -0.649. The second-order valence-electron chi connectivity index (χ2n) is 2.75. The molecule has 3 amide bonds. The van der Waals surface area contributed by atoms with E-state index >= 15 is 0 Å². The largest absolute Gasteiger partial charge is 0.465 e. The van der Waals surface area contributed by atoms with Crippen LogP contribution in [-0.2, 0) is 0 Å². The predicted molar refractivity (Wildman–Crippen MR) is 48.7 cm³/mol. The molecule has 0 fully saturated rings. The van der Waals surface area contributed by atoms with Crippen LogP contribution in [0.3, 0.4) is 0 Å². The van der Waals surface area contributed by atoms with E-state index in [4.69, 9.17) is 5.11 Å². The normalized spacial score (nSPS) is 9.31. The second-order valence-corrected chi connectivity index (χ2v) is 2.75. The fourth-order valence-electron chi connectivity index (χ4n) is 0.895. The Balaban J connectivity index is 3.22. The van der Waals surface area contributed by atoms with E-state index in [0.717, 1.165) is 25.7 Å². The van der Waals surface area contributed by atoms with Gasteiger partial charge < -0.3 is 10.4 Å². The van der Waals surface area contributed by atoms with Crippen LogP contribution in [0.4, 0.5) is 9.59 Å². The standard InChI is InChI=1S/C8H16N2O3/c1-2-3-4-5-6-9-7(11)10-8(12)13/h2-6H2,1H3,(H,12,13)(H2,9,10,11).